The molecule has 0 aromatic heterocycles. The molecule has 1 unspecified atom stereocenters. The monoisotopic (exact) mass is 407 g/mol. The quantitative estimate of drug-likeness (QED) is 0.800. The zero-order valence-corrected chi connectivity index (χ0v) is 17.2. The second-order valence-corrected chi connectivity index (χ2v) is 7.57. The molecule has 6 nitrogen and oxygen atoms in total. The summed E-state index contributed by atoms with van der Waals surface area (Å²) in [6.45, 7) is 1.17. The summed E-state index contributed by atoms with van der Waals surface area (Å²) in [4.78, 5) is 39.5. The van der Waals surface area contributed by atoms with Gasteiger partial charge in [0.25, 0.3) is 0 Å². The lowest BCUT2D eigenvalue weighted by Gasteiger charge is -2.33. The minimum Gasteiger partial charge on any atom is -0.356 e. The van der Waals surface area contributed by atoms with Gasteiger partial charge in [0.05, 0.1) is 25.4 Å². The number of hydrogen-bond acceptors (Lipinski definition) is 3. The van der Waals surface area contributed by atoms with Crippen LogP contribution in [-0.2, 0) is 20.8 Å². The molecule has 3 amide bonds. The smallest absolute Gasteiger partial charge is 0.242 e. The highest BCUT2D eigenvalue weighted by Crippen LogP contribution is 2.25. The molecule has 6 heteroatoms. The molecule has 3 rings (SSSR count). The summed E-state index contributed by atoms with van der Waals surface area (Å²) in [6.07, 6.45) is 3.15. The average Bonchev–Trinajstić information content (AvgIpc) is 2.77. The first kappa shape index (κ1) is 21.6. The summed E-state index contributed by atoms with van der Waals surface area (Å²) in [5.74, 6) is -0.417. The van der Waals surface area contributed by atoms with Crippen LogP contribution in [0.4, 0.5) is 0 Å². The second kappa shape index (κ2) is 11.1. The van der Waals surface area contributed by atoms with E-state index in [1.54, 1.807) is 4.90 Å². The number of rotatable bonds is 5. The Kier molecular flexibility index (Phi) is 8.01. The Morgan fingerprint density at radius 2 is 1.67 bits per heavy atom. The molecule has 2 N–H and O–H groups in total. The van der Waals surface area contributed by atoms with Crippen LogP contribution in [0.25, 0.3) is 0 Å². The number of amides is 3. The molecule has 0 radical (unpaired) electrons. The summed E-state index contributed by atoms with van der Waals surface area (Å²) < 4.78 is 0. The summed E-state index contributed by atoms with van der Waals surface area (Å²) in [7, 11) is 0. The predicted octanol–water partition coefficient (Wildman–Crippen LogP) is 2.61. The molecule has 1 heterocycles. The van der Waals surface area contributed by atoms with Crippen molar-refractivity contribution < 1.29 is 14.4 Å². The first-order chi connectivity index (χ1) is 14.6. The Labute approximate surface area is 177 Å². The Morgan fingerprint density at radius 1 is 0.967 bits per heavy atom. The Morgan fingerprint density at radius 3 is 2.40 bits per heavy atom. The molecule has 0 bridgehead atoms. The maximum atomic E-state index is 13.1. The summed E-state index contributed by atoms with van der Waals surface area (Å²) in [5, 5.41) is 5.69. The summed E-state index contributed by atoms with van der Waals surface area (Å²) in [6, 6.07) is 18.7. The van der Waals surface area contributed by atoms with Gasteiger partial charge in [-0.2, -0.15) is 0 Å². The molecule has 30 heavy (non-hydrogen) atoms. The van der Waals surface area contributed by atoms with Crippen molar-refractivity contribution in [3.8, 4) is 0 Å². The first-order valence-electron chi connectivity index (χ1n) is 10.6. The second-order valence-electron chi connectivity index (χ2n) is 7.57. The van der Waals surface area contributed by atoms with E-state index < -0.39 is 0 Å². The third-order valence-electron chi connectivity index (χ3n) is 5.30. The standard InChI is InChI=1S/C24H29N3O3/c28-22(16-19-10-4-1-5-11-19)26-18-24(30)27-15-9-3-8-14-25-23(29)17-21(27)20-12-6-2-7-13-20/h1-2,4-7,10-13,21H,3,8-9,14-18H2,(H,25,29)(H,26,28). The lowest BCUT2D eigenvalue weighted by atomic mass is 10.00. The maximum Gasteiger partial charge on any atom is 0.242 e. The van der Waals surface area contributed by atoms with Gasteiger partial charge in [-0.05, 0) is 30.4 Å². The highest BCUT2D eigenvalue weighted by Gasteiger charge is 2.27. The van der Waals surface area contributed by atoms with E-state index in [-0.39, 0.29) is 43.1 Å². The van der Waals surface area contributed by atoms with Gasteiger partial charge in [-0.15, -0.1) is 0 Å². The SMILES string of the molecule is O=C(Cc1ccccc1)NCC(=O)N1CCCCCNC(=O)CC1c1ccccc1. The van der Waals surface area contributed by atoms with Crippen LogP contribution in [0.1, 0.15) is 42.9 Å². The normalized spacial score (nSPS) is 17.7. The molecule has 2 aromatic rings. The zero-order valence-electron chi connectivity index (χ0n) is 17.2. The molecule has 1 atom stereocenters. The summed E-state index contributed by atoms with van der Waals surface area (Å²) in [5.41, 5.74) is 1.83. The van der Waals surface area contributed by atoms with Gasteiger partial charge in [0.2, 0.25) is 17.7 Å². The molecule has 158 valence electrons. The number of benzene rings is 2. The Hall–Kier alpha value is -3.15. The van der Waals surface area contributed by atoms with E-state index in [1.807, 2.05) is 60.7 Å². The van der Waals surface area contributed by atoms with Crippen molar-refractivity contribution in [3.05, 3.63) is 71.8 Å². The van der Waals surface area contributed by atoms with E-state index in [4.69, 9.17) is 0 Å². The number of nitrogens with one attached hydrogen (secondary N) is 2. The molecule has 1 fully saturated rings. The Bertz CT molecular complexity index is 839. The molecule has 1 aliphatic heterocycles. The Balaban J connectivity index is 1.69. The number of hydrogen-bond donors (Lipinski definition) is 2. The molecule has 1 saturated heterocycles. The average molecular weight is 408 g/mol. The van der Waals surface area contributed by atoms with Crippen molar-refractivity contribution in [1.82, 2.24) is 15.5 Å². The van der Waals surface area contributed by atoms with E-state index in [9.17, 15) is 14.4 Å². The third-order valence-corrected chi connectivity index (χ3v) is 5.30. The third kappa shape index (κ3) is 6.44. The van der Waals surface area contributed by atoms with Gasteiger partial charge in [0.15, 0.2) is 0 Å². The molecular formula is C24H29N3O3. The molecule has 1 aliphatic rings. The van der Waals surface area contributed by atoms with Crippen LogP contribution in [0, 0.1) is 0 Å². The largest absolute Gasteiger partial charge is 0.356 e. The van der Waals surface area contributed by atoms with Gasteiger partial charge in [-0.1, -0.05) is 60.7 Å². The number of nitrogens with zero attached hydrogens (tertiary/aromatic N) is 1. The van der Waals surface area contributed by atoms with Crippen LogP contribution in [0.5, 0.6) is 0 Å². The van der Waals surface area contributed by atoms with Crippen molar-refractivity contribution in [3.63, 3.8) is 0 Å². The van der Waals surface area contributed by atoms with E-state index in [2.05, 4.69) is 10.6 Å². The van der Waals surface area contributed by atoms with E-state index in [1.165, 1.54) is 0 Å². The highest BCUT2D eigenvalue weighted by molar-refractivity contribution is 5.86. The van der Waals surface area contributed by atoms with Crippen molar-refractivity contribution in [2.75, 3.05) is 19.6 Å². The molecule has 0 spiro atoms. The fourth-order valence-electron chi connectivity index (χ4n) is 3.72. The fraction of sp³-hybridized carbons (Fsp3) is 0.375. The lowest BCUT2D eigenvalue weighted by molar-refractivity contribution is -0.136. The van der Waals surface area contributed by atoms with Crippen molar-refractivity contribution >= 4 is 17.7 Å². The van der Waals surface area contributed by atoms with Gasteiger partial charge >= 0.3 is 0 Å². The van der Waals surface area contributed by atoms with Gasteiger partial charge in [-0.25, -0.2) is 0 Å². The molecule has 2 aromatic carbocycles. The van der Waals surface area contributed by atoms with Gasteiger partial charge < -0.3 is 15.5 Å². The van der Waals surface area contributed by atoms with Crippen LogP contribution < -0.4 is 10.6 Å². The van der Waals surface area contributed by atoms with Gasteiger partial charge in [0, 0.05) is 13.1 Å². The summed E-state index contributed by atoms with van der Waals surface area (Å²) >= 11 is 0. The molecule has 0 aliphatic carbocycles. The van der Waals surface area contributed by atoms with E-state index in [0.717, 1.165) is 30.4 Å². The van der Waals surface area contributed by atoms with Crippen LogP contribution in [0.2, 0.25) is 0 Å². The highest BCUT2D eigenvalue weighted by atomic mass is 16.2. The van der Waals surface area contributed by atoms with E-state index >= 15 is 0 Å². The van der Waals surface area contributed by atoms with E-state index in [0.29, 0.717) is 13.1 Å². The molecule has 0 saturated carbocycles. The molecular weight excluding hydrogens is 378 g/mol. The fourth-order valence-corrected chi connectivity index (χ4v) is 3.72. The van der Waals surface area contributed by atoms with Crippen LogP contribution in [0.3, 0.4) is 0 Å². The van der Waals surface area contributed by atoms with Crippen molar-refractivity contribution in [1.29, 1.82) is 0 Å². The predicted molar refractivity (Wildman–Crippen MR) is 116 cm³/mol. The van der Waals surface area contributed by atoms with Crippen molar-refractivity contribution in [2.24, 2.45) is 0 Å². The topological polar surface area (TPSA) is 78.5 Å². The van der Waals surface area contributed by atoms with Crippen molar-refractivity contribution in [2.45, 2.75) is 38.1 Å². The van der Waals surface area contributed by atoms with Gasteiger partial charge in [-0.3, -0.25) is 14.4 Å². The zero-order chi connectivity index (χ0) is 21.2. The number of carbonyl (C=O) groups excluding carboxylic acids is 3. The minimum atomic E-state index is -0.345. The van der Waals surface area contributed by atoms with Crippen LogP contribution >= 0.6 is 0 Å². The van der Waals surface area contributed by atoms with Gasteiger partial charge in [0.1, 0.15) is 0 Å². The first-order valence-corrected chi connectivity index (χ1v) is 10.6. The maximum absolute atomic E-state index is 13.1. The minimum absolute atomic E-state index is 0.0586. The van der Waals surface area contributed by atoms with Crippen LogP contribution in [-0.4, -0.2) is 42.3 Å². The van der Waals surface area contributed by atoms with Crippen LogP contribution in [0.15, 0.2) is 60.7 Å². The lowest BCUT2D eigenvalue weighted by Crippen LogP contribution is -2.44. The number of carbonyl (C=O) groups is 3.